The molecule has 0 N–H and O–H groups in total. The standard InChI is InChI=1S/C38H40O4P2/c1-25-12-16-35(29(5)20-25)43(39,36-17-13-26(2)21-30(36)6)41-33-10-9-11-34(24-33)42-44(40,37-18-14-27(3)22-31(37)7)38-19-15-28(4)23-32(38)8/h9-24H,1-8H3. The predicted molar refractivity (Wildman–Crippen MR) is 185 cm³/mol. The summed E-state index contributed by atoms with van der Waals surface area (Å²) >= 11 is 0. The summed E-state index contributed by atoms with van der Waals surface area (Å²) in [5.41, 5.74) is 7.93. The van der Waals surface area contributed by atoms with Crippen LogP contribution in [0.4, 0.5) is 0 Å². The lowest BCUT2D eigenvalue weighted by atomic mass is 10.2. The van der Waals surface area contributed by atoms with E-state index >= 15 is 9.13 Å². The molecule has 5 aromatic carbocycles. The summed E-state index contributed by atoms with van der Waals surface area (Å²) in [6.07, 6.45) is 0. The molecule has 44 heavy (non-hydrogen) atoms. The van der Waals surface area contributed by atoms with Crippen molar-refractivity contribution >= 4 is 36.0 Å². The van der Waals surface area contributed by atoms with E-state index in [-0.39, 0.29) is 0 Å². The van der Waals surface area contributed by atoms with Crippen LogP contribution in [-0.4, -0.2) is 0 Å². The maximum absolute atomic E-state index is 15.1. The van der Waals surface area contributed by atoms with Gasteiger partial charge in [-0.25, -0.2) is 0 Å². The van der Waals surface area contributed by atoms with Crippen molar-refractivity contribution in [3.05, 3.63) is 142 Å². The first-order valence-electron chi connectivity index (χ1n) is 14.8. The Kier molecular flexibility index (Phi) is 8.81. The van der Waals surface area contributed by atoms with Crippen LogP contribution in [0.2, 0.25) is 0 Å². The van der Waals surface area contributed by atoms with Crippen LogP contribution in [0.25, 0.3) is 0 Å². The molecule has 0 fully saturated rings. The number of aryl methyl sites for hydroxylation is 8. The number of hydrogen-bond donors (Lipinski definition) is 0. The Morgan fingerprint density at radius 1 is 0.386 bits per heavy atom. The molecular weight excluding hydrogens is 582 g/mol. The molecule has 226 valence electrons. The largest absolute Gasteiger partial charge is 0.437 e. The molecule has 5 rings (SSSR count). The molecule has 0 saturated heterocycles. The average Bonchev–Trinajstić information content (AvgIpc) is 2.92. The Bertz CT molecular complexity index is 1730. The fraction of sp³-hybridized carbons (Fsp3) is 0.211. The lowest BCUT2D eigenvalue weighted by molar-refractivity contribution is 0.492. The molecule has 0 aromatic heterocycles. The zero-order valence-electron chi connectivity index (χ0n) is 26.8. The Morgan fingerprint density at radius 2 is 0.659 bits per heavy atom. The maximum atomic E-state index is 15.1. The van der Waals surface area contributed by atoms with E-state index in [1.807, 2.05) is 128 Å². The highest BCUT2D eigenvalue weighted by Crippen LogP contribution is 2.50. The van der Waals surface area contributed by atoms with Gasteiger partial charge in [-0.15, -0.1) is 0 Å². The fourth-order valence-electron chi connectivity index (χ4n) is 5.88. The first-order chi connectivity index (χ1) is 20.8. The molecule has 5 aromatic rings. The van der Waals surface area contributed by atoms with E-state index in [0.29, 0.717) is 32.7 Å². The molecule has 0 aliphatic rings. The van der Waals surface area contributed by atoms with Crippen LogP contribution in [0.3, 0.4) is 0 Å². The van der Waals surface area contributed by atoms with Gasteiger partial charge in [-0.3, -0.25) is 9.13 Å². The summed E-state index contributed by atoms with van der Waals surface area (Å²) in [6, 6.07) is 30.6. The van der Waals surface area contributed by atoms with Gasteiger partial charge < -0.3 is 9.05 Å². The third-order valence-electron chi connectivity index (χ3n) is 7.95. The number of benzene rings is 5. The van der Waals surface area contributed by atoms with Crippen molar-refractivity contribution in [1.82, 2.24) is 0 Å². The normalized spacial score (nSPS) is 11.8. The van der Waals surface area contributed by atoms with Crippen molar-refractivity contribution in [2.75, 3.05) is 0 Å². The SMILES string of the molecule is Cc1ccc(P(=O)(Oc2cccc(OP(=O)(c3ccc(C)cc3C)c3ccc(C)cc3C)c2)c2ccc(C)cc2C)c(C)c1. The van der Waals surface area contributed by atoms with Crippen LogP contribution in [0, 0.1) is 55.4 Å². The quantitative estimate of drug-likeness (QED) is 0.162. The second kappa shape index (κ2) is 12.3. The van der Waals surface area contributed by atoms with Crippen LogP contribution in [0.15, 0.2) is 97.1 Å². The molecule has 0 aliphatic carbocycles. The third kappa shape index (κ3) is 6.20. The monoisotopic (exact) mass is 622 g/mol. The third-order valence-corrected chi connectivity index (χ3v) is 13.4. The first-order valence-corrected chi connectivity index (χ1v) is 18.1. The molecule has 6 heteroatoms. The van der Waals surface area contributed by atoms with Gasteiger partial charge in [0.25, 0.3) is 0 Å². The van der Waals surface area contributed by atoms with Gasteiger partial charge in [0.2, 0.25) is 0 Å². The smallest absolute Gasteiger partial charge is 0.307 e. The second-order valence-electron chi connectivity index (χ2n) is 11.9. The van der Waals surface area contributed by atoms with E-state index in [4.69, 9.17) is 9.05 Å². The summed E-state index contributed by atoms with van der Waals surface area (Å²) in [6.45, 7) is 15.9. The molecule has 0 atom stereocenters. The fourth-order valence-corrected chi connectivity index (χ4v) is 10.8. The van der Waals surface area contributed by atoms with Crippen molar-refractivity contribution < 1.29 is 18.2 Å². The molecule has 0 saturated carbocycles. The molecule has 0 amide bonds. The summed E-state index contributed by atoms with van der Waals surface area (Å²) in [5.74, 6) is 0.747. The topological polar surface area (TPSA) is 52.6 Å². The van der Waals surface area contributed by atoms with Crippen LogP contribution < -0.4 is 30.3 Å². The Balaban J connectivity index is 1.62. The maximum Gasteiger partial charge on any atom is 0.307 e. The lowest BCUT2D eigenvalue weighted by Gasteiger charge is -2.26. The summed E-state index contributed by atoms with van der Waals surface area (Å²) in [4.78, 5) is 0. The number of hydrogen-bond acceptors (Lipinski definition) is 4. The van der Waals surface area contributed by atoms with Crippen molar-refractivity contribution in [3.8, 4) is 11.5 Å². The molecule has 0 bridgehead atoms. The van der Waals surface area contributed by atoms with Crippen LogP contribution >= 0.6 is 14.7 Å². The highest BCUT2D eigenvalue weighted by molar-refractivity contribution is 7.75. The minimum absolute atomic E-state index is 0.374. The van der Waals surface area contributed by atoms with Crippen molar-refractivity contribution in [2.24, 2.45) is 0 Å². The minimum atomic E-state index is -3.60. The van der Waals surface area contributed by atoms with E-state index in [1.54, 1.807) is 24.3 Å². The predicted octanol–water partition coefficient (Wildman–Crippen LogP) is 8.77. The van der Waals surface area contributed by atoms with Gasteiger partial charge in [0, 0.05) is 6.07 Å². The summed E-state index contributed by atoms with van der Waals surface area (Å²) in [7, 11) is -7.20. The molecule has 0 radical (unpaired) electrons. The first kappa shape index (κ1) is 31.6. The minimum Gasteiger partial charge on any atom is -0.437 e. The summed E-state index contributed by atoms with van der Waals surface area (Å²) < 4.78 is 43.3. The zero-order chi connectivity index (χ0) is 31.8. The van der Waals surface area contributed by atoms with Gasteiger partial charge in [-0.05, 0) is 114 Å². The van der Waals surface area contributed by atoms with Crippen LogP contribution in [0.1, 0.15) is 44.5 Å². The van der Waals surface area contributed by atoms with Gasteiger partial charge in [0.1, 0.15) is 11.5 Å². The number of rotatable bonds is 8. The van der Waals surface area contributed by atoms with Crippen LogP contribution in [0.5, 0.6) is 11.5 Å². The summed E-state index contributed by atoms with van der Waals surface area (Å²) in [5, 5.41) is 2.60. The Labute approximate surface area is 262 Å². The van der Waals surface area contributed by atoms with E-state index in [0.717, 1.165) is 44.5 Å². The van der Waals surface area contributed by atoms with E-state index in [1.165, 1.54) is 0 Å². The van der Waals surface area contributed by atoms with Crippen molar-refractivity contribution in [3.63, 3.8) is 0 Å². The lowest BCUT2D eigenvalue weighted by Crippen LogP contribution is -2.25. The molecule has 0 heterocycles. The van der Waals surface area contributed by atoms with Gasteiger partial charge >= 0.3 is 14.7 Å². The van der Waals surface area contributed by atoms with Gasteiger partial charge in [-0.1, -0.05) is 76.9 Å². The van der Waals surface area contributed by atoms with E-state index < -0.39 is 14.7 Å². The molecular formula is C38H40O4P2. The second-order valence-corrected chi connectivity index (χ2v) is 16.4. The van der Waals surface area contributed by atoms with Gasteiger partial charge in [0.15, 0.2) is 0 Å². The van der Waals surface area contributed by atoms with Gasteiger partial charge in [0.05, 0.1) is 21.2 Å². The Morgan fingerprint density at radius 3 is 0.909 bits per heavy atom. The molecule has 4 nitrogen and oxygen atoms in total. The van der Waals surface area contributed by atoms with Crippen molar-refractivity contribution in [1.29, 1.82) is 0 Å². The molecule has 0 aliphatic heterocycles. The van der Waals surface area contributed by atoms with Crippen LogP contribution in [-0.2, 0) is 9.13 Å². The van der Waals surface area contributed by atoms with Crippen molar-refractivity contribution in [2.45, 2.75) is 55.4 Å². The van der Waals surface area contributed by atoms with E-state index in [9.17, 15) is 0 Å². The molecule has 0 unspecified atom stereocenters. The molecule has 0 spiro atoms. The Hall–Kier alpha value is -3.84. The average molecular weight is 623 g/mol. The van der Waals surface area contributed by atoms with Gasteiger partial charge in [-0.2, -0.15) is 0 Å². The highest BCUT2D eigenvalue weighted by Gasteiger charge is 2.35. The van der Waals surface area contributed by atoms with E-state index in [2.05, 4.69) is 0 Å². The zero-order valence-corrected chi connectivity index (χ0v) is 28.6. The highest BCUT2D eigenvalue weighted by atomic mass is 31.2.